The minimum absolute atomic E-state index is 0.0726. The smallest absolute Gasteiger partial charge is 0.264 e. The van der Waals surface area contributed by atoms with Crippen LogP contribution in [0.2, 0.25) is 0 Å². The summed E-state index contributed by atoms with van der Waals surface area (Å²) < 4.78 is 43.6. The van der Waals surface area contributed by atoms with Crippen LogP contribution >= 0.6 is 15.9 Å². The van der Waals surface area contributed by atoms with Gasteiger partial charge in [-0.2, -0.15) is 0 Å². The molecule has 0 aliphatic rings. The van der Waals surface area contributed by atoms with Crippen LogP contribution in [0, 0.1) is 12.7 Å². The highest BCUT2D eigenvalue weighted by atomic mass is 79.9. The van der Waals surface area contributed by atoms with Crippen LogP contribution < -0.4 is 9.62 Å². The van der Waals surface area contributed by atoms with Crippen molar-refractivity contribution in [2.45, 2.75) is 50.6 Å². The van der Waals surface area contributed by atoms with Crippen molar-refractivity contribution in [3.63, 3.8) is 0 Å². The first-order valence-corrected chi connectivity index (χ1v) is 17.0. The summed E-state index contributed by atoms with van der Waals surface area (Å²) >= 11 is 3.44. The Bertz CT molecular complexity index is 1670. The number of nitrogens with one attached hydrogen (secondary N) is 1. The summed E-state index contributed by atoms with van der Waals surface area (Å²) in [6, 6.07) is 27.1. The fourth-order valence-corrected chi connectivity index (χ4v) is 6.50. The van der Waals surface area contributed by atoms with Crippen molar-refractivity contribution in [1.29, 1.82) is 0 Å². The monoisotopic (exact) mass is 693 g/mol. The standard InChI is InChI=1S/C35H37BrFN3O4S/c1-3-4-22-38-35(42)33(23-27-8-6-5-7-9-27)39(24-28-12-14-29(36)15-13-28)34(41)25-40(31-18-10-26(2)11-19-31)45(43,44)32-20-16-30(37)17-21-32/h5-21,33H,3-4,22-25H2,1-2H3,(H,38,42)/t33-/m0/s1. The van der Waals surface area contributed by atoms with Gasteiger partial charge in [0.2, 0.25) is 11.8 Å². The van der Waals surface area contributed by atoms with E-state index in [1.54, 1.807) is 24.3 Å². The molecule has 0 saturated carbocycles. The van der Waals surface area contributed by atoms with Gasteiger partial charge in [0.15, 0.2) is 0 Å². The number of amides is 2. The van der Waals surface area contributed by atoms with Crippen molar-refractivity contribution in [2.24, 2.45) is 0 Å². The van der Waals surface area contributed by atoms with Gasteiger partial charge in [0.1, 0.15) is 18.4 Å². The van der Waals surface area contributed by atoms with Crippen molar-refractivity contribution in [3.05, 3.63) is 130 Å². The molecule has 0 aliphatic carbocycles. The molecule has 0 heterocycles. The number of unbranched alkanes of at least 4 members (excludes halogenated alkanes) is 1. The van der Waals surface area contributed by atoms with E-state index in [1.807, 2.05) is 68.4 Å². The topological polar surface area (TPSA) is 86.8 Å². The molecule has 0 saturated heterocycles. The molecular weight excluding hydrogens is 657 g/mol. The average Bonchev–Trinajstić information content (AvgIpc) is 3.03. The molecule has 4 aromatic rings. The third-order valence-electron chi connectivity index (χ3n) is 7.37. The van der Waals surface area contributed by atoms with Crippen molar-refractivity contribution >= 4 is 43.5 Å². The highest BCUT2D eigenvalue weighted by Crippen LogP contribution is 2.26. The van der Waals surface area contributed by atoms with E-state index >= 15 is 0 Å². The minimum atomic E-state index is -4.30. The largest absolute Gasteiger partial charge is 0.354 e. The van der Waals surface area contributed by atoms with Gasteiger partial charge >= 0.3 is 0 Å². The van der Waals surface area contributed by atoms with Crippen LogP contribution in [-0.4, -0.2) is 44.3 Å². The summed E-state index contributed by atoms with van der Waals surface area (Å²) in [4.78, 5) is 29.5. The third-order valence-corrected chi connectivity index (χ3v) is 9.69. The van der Waals surface area contributed by atoms with E-state index in [0.29, 0.717) is 6.54 Å². The Morgan fingerprint density at radius 1 is 0.867 bits per heavy atom. The van der Waals surface area contributed by atoms with E-state index in [4.69, 9.17) is 0 Å². The summed E-state index contributed by atoms with van der Waals surface area (Å²) in [6.45, 7) is 3.85. The van der Waals surface area contributed by atoms with Crippen LogP contribution in [0.4, 0.5) is 10.1 Å². The second-order valence-corrected chi connectivity index (χ2v) is 13.6. The maximum Gasteiger partial charge on any atom is 0.264 e. The number of nitrogens with zero attached hydrogens (tertiary/aromatic N) is 2. The van der Waals surface area contributed by atoms with Gasteiger partial charge < -0.3 is 10.2 Å². The first-order chi connectivity index (χ1) is 21.6. The van der Waals surface area contributed by atoms with Crippen LogP contribution in [0.15, 0.2) is 112 Å². The highest BCUT2D eigenvalue weighted by Gasteiger charge is 2.34. The van der Waals surface area contributed by atoms with E-state index in [2.05, 4.69) is 21.2 Å². The highest BCUT2D eigenvalue weighted by molar-refractivity contribution is 9.10. The van der Waals surface area contributed by atoms with E-state index in [9.17, 15) is 22.4 Å². The van der Waals surface area contributed by atoms with Crippen LogP contribution in [0.25, 0.3) is 0 Å². The van der Waals surface area contributed by atoms with Crippen LogP contribution in [0.3, 0.4) is 0 Å². The average molecular weight is 695 g/mol. The predicted molar refractivity (Wildman–Crippen MR) is 179 cm³/mol. The van der Waals surface area contributed by atoms with Gasteiger partial charge in [0.05, 0.1) is 10.6 Å². The van der Waals surface area contributed by atoms with Crippen LogP contribution in [0.1, 0.15) is 36.5 Å². The van der Waals surface area contributed by atoms with Gasteiger partial charge in [-0.1, -0.05) is 89.4 Å². The molecule has 0 aliphatic heterocycles. The number of rotatable bonds is 14. The molecule has 2 amide bonds. The minimum Gasteiger partial charge on any atom is -0.354 e. The number of benzene rings is 4. The second kappa shape index (κ2) is 15.8. The lowest BCUT2D eigenvalue weighted by atomic mass is 10.0. The fourth-order valence-electron chi connectivity index (χ4n) is 4.82. The second-order valence-electron chi connectivity index (χ2n) is 10.8. The van der Waals surface area contributed by atoms with E-state index in [-0.39, 0.29) is 29.5 Å². The molecule has 0 aromatic heterocycles. The number of aryl methyl sites for hydroxylation is 1. The van der Waals surface area contributed by atoms with E-state index < -0.39 is 34.3 Å². The molecule has 0 fully saturated rings. The molecule has 1 N–H and O–H groups in total. The Balaban J connectivity index is 1.78. The summed E-state index contributed by atoms with van der Waals surface area (Å²) in [6.07, 6.45) is 1.90. The molecule has 236 valence electrons. The molecule has 0 unspecified atom stereocenters. The van der Waals surface area contributed by atoms with Gasteiger partial charge in [-0.05, 0) is 73.0 Å². The normalized spacial score (nSPS) is 11.9. The van der Waals surface area contributed by atoms with Crippen molar-refractivity contribution in [1.82, 2.24) is 10.2 Å². The Hall–Kier alpha value is -4.02. The van der Waals surface area contributed by atoms with Crippen molar-refractivity contribution < 1.29 is 22.4 Å². The summed E-state index contributed by atoms with van der Waals surface area (Å²) in [5, 5.41) is 2.98. The number of carbonyl (C=O) groups excluding carboxylic acids is 2. The van der Waals surface area contributed by atoms with Gasteiger partial charge in [0, 0.05) is 24.0 Å². The van der Waals surface area contributed by atoms with Gasteiger partial charge in [0.25, 0.3) is 10.0 Å². The molecule has 10 heteroatoms. The SMILES string of the molecule is CCCCNC(=O)[C@H](Cc1ccccc1)N(Cc1ccc(Br)cc1)C(=O)CN(c1ccc(C)cc1)S(=O)(=O)c1ccc(F)cc1. The van der Waals surface area contributed by atoms with Crippen molar-refractivity contribution in [3.8, 4) is 0 Å². The fraction of sp³-hybridized carbons (Fsp3) is 0.257. The molecule has 7 nitrogen and oxygen atoms in total. The Kier molecular flexibility index (Phi) is 11.9. The Labute approximate surface area is 273 Å². The molecular formula is C35H37BrFN3O4S. The molecule has 0 spiro atoms. The number of halogens is 2. The Morgan fingerprint density at radius 2 is 1.51 bits per heavy atom. The maximum atomic E-state index is 14.4. The zero-order valence-corrected chi connectivity index (χ0v) is 27.7. The number of carbonyl (C=O) groups is 2. The molecule has 0 bridgehead atoms. The summed E-state index contributed by atoms with van der Waals surface area (Å²) in [7, 11) is -4.30. The molecule has 0 radical (unpaired) electrons. The number of sulfonamides is 1. The molecule has 4 rings (SSSR count). The Morgan fingerprint density at radius 3 is 2.13 bits per heavy atom. The first-order valence-electron chi connectivity index (χ1n) is 14.8. The summed E-state index contributed by atoms with van der Waals surface area (Å²) in [5.74, 6) is -1.46. The zero-order valence-electron chi connectivity index (χ0n) is 25.3. The van der Waals surface area contributed by atoms with Crippen molar-refractivity contribution in [2.75, 3.05) is 17.4 Å². The maximum absolute atomic E-state index is 14.4. The quantitative estimate of drug-likeness (QED) is 0.150. The number of hydrogen-bond acceptors (Lipinski definition) is 4. The van der Waals surface area contributed by atoms with Gasteiger partial charge in [-0.15, -0.1) is 0 Å². The van der Waals surface area contributed by atoms with Gasteiger partial charge in [-0.3, -0.25) is 13.9 Å². The lowest BCUT2D eigenvalue weighted by molar-refractivity contribution is -0.140. The van der Waals surface area contributed by atoms with Crippen LogP contribution in [0.5, 0.6) is 0 Å². The predicted octanol–water partition coefficient (Wildman–Crippen LogP) is 6.65. The molecule has 1 atom stereocenters. The van der Waals surface area contributed by atoms with E-state index in [1.165, 1.54) is 17.0 Å². The first kappa shape index (κ1) is 33.9. The van der Waals surface area contributed by atoms with Crippen LogP contribution in [-0.2, 0) is 32.6 Å². The zero-order chi connectivity index (χ0) is 32.4. The lowest BCUT2D eigenvalue weighted by Gasteiger charge is -2.34. The van der Waals surface area contributed by atoms with Gasteiger partial charge in [-0.25, -0.2) is 12.8 Å². The number of hydrogen-bond donors (Lipinski definition) is 1. The molecule has 4 aromatic carbocycles. The number of anilines is 1. The molecule has 45 heavy (non-hydrogen) atoms. The lowest BCUT2D eigenvalue weighted by Crippen LogP contribution is -2.53. The summed E-state index contributed by atoms with van der Waals surface area (Å²) in [5.41, 5.74) is 2.81. The third kappa shape index (κ3) is 9.25. The van der Waals surface area contributed by atoms with E-state index in [0.717, 1.165) is 50.4 Å².